The number of phenols is 1. The van der Waals surface area contributed by atoms with Gasteiger partial charge in [0.2, 0.25) is 0 Å². The second-order valence-corrected chi connectivity index (χ2v) is 5.54. The average Bonchev–Trinajstić information content (AvgIpc) is 2.50. The van der Waals surface area contributed by atoms with Gasteiger partial charge in [-0.25, -0.2) is 0 Å². The lowest BCUT2D eigenvalue weighted by Crippen LogP contribution is -2.46. The number of amides is 1. The van der Waals surface area contributed by atoms with Gasteiger partial charge in [-0.3, -0.25) is 4.79 Å². The number of likely N-dealkylation sites (N-methyl/N-ethyl adjacent to an activating group) is 1. The van der Waals surface area contributed by atoms with Crippen LogP contribution < -0.4 is 9.64 Å². The molecule has 5 heteroatoms. The maximum Gasteiger partial charge on any atom is 0.268 e. The van der Waals surface area contributed by atoms with Gasteiger partial charge in [0, 0.05) is 24.1 Å². The predicted octanol–water partition coefficient (Wildman–Crippen LogP) is 3.40. The quantitative estimate of drug-likeness (QED) is 0.944. The van der Waals surface area contributed by atoms with E-state index in [9.17, 15) is 9.90 Å². The van der Waals surface area contributed by atoms with Crippen molar-refractivity contribution in [2.75, 3.05) is 11.4 Å². The van der Waals surface area contributed by atoms with Crippen molar-refractivity contribution in [3.8, 4) is 11.5 Å². The van der Waals surface area contributed by atoms with E-state index in [0.717, 1.165) is 5.56 Å². The van der Waals surface area contributed by atoms with Crippen LogP contribution in [0.3, 0.4) is 0 Å². The summed E-state index contributed by atoms with van der Waals surface area (Å²) in [6, 6.07) is 12.2. The number of anilines is 1. The molecule has 1 aliphatic heterocycles. The van der Waals surface area contributed by atoms with E-state index in [1.807, 2.05) is 25.1 Å². The van der Waals surface area contributed by atoms with E-state index in [-0.39, 0.29) is 11.7 Å². The van der Waals surface area contributed by atoms with Crippen LogP contribution in [0.25, 0.3) is 0 Å². The Morgan fingerprint density at radius 3 is 2.77 bits per heavy atom. The molecule has 0 saturated heterocycles. The number of carbonyl (C=O) groups is 1. The third-order valence-electron chi connectivity index (χ3n) is 3.72. The molecule has 3 rings (SSSR count). The third kappa shape index (κ3) is 2.62. The number of benzene rings is 2. The van der Waals surface area contributed by atoms with Crippen LogP contribution in [-0.2, 0) is 11.2 Å². The molecule has 0 fully saturated rings. The summed E-state index contributed by atoms with van der Waals surface area (Å²) in [6.45, 7) is 2.45. The maximum absolute atomic E-state index is 12.6. The van der Waals surface area contributed by atoms with E-state index in [4.69, 9.17) is 16.3 Å². The van der Waals surface area contributed by atoms with Crippen LogP contribution in [0.1, 0.15) is 12.5 Å². The zero-order valence-electron chi connectivity index (χ0n) is 12.1. The van der Waals surface area contributed by atoms with Crippen LogP contribution in [-0.4, -0.2) is 23.7 Å². The van der Waals surface area contributed by atoms with E-state index in [1.54, 1.807) is 23.1 Å². The smallest absolute Gasteiger partial charge is 0.268 e. The van der Waals surface area contributed by atoms with E-state index in [1.165, 1.54) is 6.07 Å². The topological polar surface area (TPSA) is 49.8 Å². The molecule has 4 nitrogen and oxygen atoms in total. The summed E-state index contributed by atoms with van der Waals surface area (Å²) in [5.74, 6) is 0.528. The minimum absolute atomic E-state index is 0.0967. The molecule has 2 aromatic rings. The van der Waals surface area contributed by atoms with Gasteiger partial charge in [0.15, 0.2) is 6.10 Å². The molecular formula is C17H16ClNO3. The van der Waals surface area contributed by atoms with Crippen molar-refractivity contribution in [3.63, 3.8) is 0 Å². The van der Waals surface area contributed by atoms with Crippen molar-refractivity contribution in [1.29, 1.82) is 0 Å². The van der Waals surface area contributed by atoms with Gasteiger partial charge in [-0.15, -0.1) is 0 Å². The van der Waals surface area contributed by atoms with Crippen molar-refractivity contribution < 1.29 is 14.6 Å². The first-order valence-electron chi connectivity index (χ1n) is 7.14. The summed E-state index contributed by atoms with van der Waals surface area (Å²) in [7, 11) is 0. The second kappa shape index (κ2) is 5.89. The Labute approximate surface area is 133 Å². The summed E-state index contributed by atoms with van der Waals surface area (Å²) >= 11 is 6.17. The molecule has 1 heterocycles. The molecule has 0 saturated carbocycles. The standard InChI is InChI=1S/C17H16ClNO3/c1-2-19-14-8-7-12(20)10-15(14)22-16(17(19)21)9-11-5-3-4-6-13(11)18/h3-8,10,16,20H,2,9H2,1H3. The van der Waals surface area contributed by atoms with Gasteiger partial charge in [-0.1, -0.05) is 29.8 Å². The molecule has 0 bridgehead atoms. The summed E-state index contributed by atoms with van der Waals surface area (Å²) < 4.78 is 5.81. The van der Waals surface area contributed by atoms with Gasteiger partial charge in [0.05, 0.1) is 5.69 Å². The lowest BCUT2D eigenvalue weighted by Gasteiger charge is -2.34. The number of carbonyl (C=O) groups excluding carboxylic acids is 1. The number of phenolic OH excluding ortho intramolecular Hbond substituents is 1. The second-order valence-electron chi connectivity index (χ2n) is 5.14. The fraction of sp³-hybridized carbons (Fsp3) is 0.235. The van der Waals surface area contributed by atoms with Crippen molar-refractivity contribution in [3.05, 3.63) is 53.1 Å². The van der Waals surface area contributed by atoms with E-state index in [2.05, 4.69) is 0 Å². The van der Waals surface area contributed by atoms with E-state index >= 15 is 0 Å². The molecule has 0 aliphatic carbocycles. The highest BCUT2D eigenvalue weighted by Gasteiger charge is 2.34. The van der Waals surface area contributed by atoms with Gasteiger partial charge in [0.25, 0.3) is 5.91 Å². The Morgan fingerprint density at radius 1 is 1.27 bits per heavy atom. The highest BCUT2D eigenvalue weighted by molar-refractivity contribution is 6.31. The minimum atomic E-state index is -0.644. The molecule has 22 heavy (non-hydrogen) atoms. The first-order valence-corrected chi connectivity index (χ1v) is 7.52. The lowest BCUT2D eigenvalue weighted by molar-refractivity contribution is -0.126. The number of fused-ring (bicyclic) bond motifs is 1. The number of nitrogens with zero attached hydrogens (tertiary/aromatic N) is 1. The number of hydrogen-bond acceptors (Lipinski definition) is 3. The molecular weight excluding hydrogens is 302 g/mol. The Hall–Kier alpha value is -2.20. The average molecular weight is 318 g/mol. The fourth-order valence-electron chi connectivity index (χ4n) is 2.64. The Bertz CT molecular complexity index is 717. The summed E-state index contributed by atoms with van der Waals surface area (Å²) in [4.78, 5) is 14.3. The van der Waals surface area contributed by atoms with Gasteiger partial charge in [0.1, 0.15) is 11.5 Å². The van der Waals surface area contributed by atoms with Crippen LogP contribution in [0.2, 0.25) is 5.02 Å². The largest absolute Gasteiger partial charge is 0.508 e. The summed E-state index contributed by atoms with van der Waals surface area (Å²) in [6.07, 6.45) is -0.251. The van der Waals surface area contributed by atoms with Gasteiger partial charge in [-0.05, 0) is 30.7 Å². The van der Waals surface area contributed by atoms with Crippen LogP contribution in [0, 0.1) is 0 Å². The highest BCUT2D eigenvalue weighted by atomic mass is 35.5. The number of rotatable bonds is 3. The minimum Gasteiger partial charge on any atom is -0.508 e. The van der Waals surface area contributed by atoms with Crippen LogP contribution >= 0.6 is 11.6 Å². The molecule has 0 aromatic heterocycles. The van der Waals surface area contributed by atoms with Crippen LogP contribution in [0.15, 0.2) is 42.5 Å². The van der Waals surface area contributed by atoms with Crippen LogP contribution in [0.4, 0.5) is 5.69 Å². The van der Waals surface area contributed by atoms with E-state index < -0.39 is 6.10 Å². The molecule has 0 radical (unpaired) electrons. The van der Waals surface area contributed by atoms with Gasteiger partial charge in [-0.2, -0.15) is 0 Å². The van der Waals surface area contributed by atoms with Gasteiger partial charge < -0.3 is 14.7 Å². The third-order valence-corrected chi connectivity index (χ3v) is 4.09. The SMILES string of the molecule is CCN1C(=O)C(Cc2ccccc2Cl)Oc2cc(O)ccc21. The molecule has 1 amide bonds. The van der Waals surface area contributed by atoms with Crippen molar-refractivity contribution in [2.24, 2.45) is 0 Å². The fourth-order valence-corrected chi connectivity index (χ4v) is 2.85. The Morgan fingerprint density at radius 2 is 2.05 bits per heavy atom. The molecule has 1 aliphatic rings. The zero-order chi connectivity index (χ0) is 15.7. The monoisotopic (exact) mass is 317 g/mol. The van der Waals surface area contributed by atoms with Crippen molar-refractivity contribution in [1.82, 2.24) is 0 Å². The van der Waals surface area contributed by atoms with Gasteiger partial charge >= 0.3 is 0 Å². The molecule has 2 aromatic carbocycles. The van der Waals surface area contributed by atoms with Crippen LogP contribution in [0.5, 0.6) is 11.5 Å². The summed E-state index contributed by atoms with van der Waals surface area (Å²) in [5.41, 5.74) is 1.54. The highest BCUT2D eigenvalue weighted by Crippen LogP contribution is 2.37. The molecule has 1 unspecified atom stereocenters. The normalized spacial score (nSPS) is 17.1. The zero-order valence-corrected chi connectivity index (χ0v) is 12.9. The number of ether oxygens (including phenoxy) is 1. The molecule has 114 valence electrons. The first kappa shape index (κ1) is 14.7. The molecule has 1 N–H and O–H groups in total. The first-order chi connectivity index (χ1) is 10.6. The summed E-state index contributed by atoms with van der Waals surface area (Å²) in [5, 5.41) is 10.2. The molecule has 0 spiro atoms. The number of halogens is 1. The Kier molecular flexibility index (Phi) is 3.94. The molecule has 1 atom stereocenters. The van der Waals surface area contributed by atoms with E-state index in [0.29, 0.717) is 29.4 Å². The number of hydrogen-bond donors (Lipinski definition) is 1. The maximum atomic E-state index is 12.6. The van der Waals surface area contributed by atoms with Crippen molar-refractivity contribution in [2.45, 2.75) is 19.4 Å². The number of aromatic hydroxyl groups is 1. The lowest BCUT2D eigenvalue weighted by atomic mass is 10.0. The predicted molar refractivity (Wildman–Crippen MR) is 85.7 cm³/mol. The Balaban J connectivity index is 1.94. The van der Waals surface area contributed by atoms with Crippen molar-refractivity contribution >= 4 is 23.2 Å².